The number of aromatic nitrogens is 1. The molecule has 7 heteroatoms. The summed E-state index contributed by atoms with van der Waals surface area (Å²) in [4.78, 5) is 4.02. The van der Waals surface area contributed by atoms with Crippen molar-refractivity contribution in [2.45, 2.75) is 18.4 Å². The molecule has 0 unspecified atom stereocenters. The topological polar surface area (TPSA) is 94.3 Å². The zero-order valence-electron chi connectivity index (χ0n) is 11.8. The molecule has 0 aliphatic rings. The van der Waals surface area contributed by atoms with Gasteiger partial charge in [-0.2, -0.15) is 0 Å². The minimum atomic E-state index is -3.69. The molecule has 0 bridgehead atoms. The van der Waals surface area contributed by atoms with E-state index < -0.39 is 10.0 Å². The maximum atomic E-state index is 12.3. The lowest BCUT2D eigenvalue weighted by Gasteiger charge is -2.11. The predicted octanol–water partition coefficient (Wildman–Crippen LogP) is 1.46. The Morgan fingerprint density at radius 1 is 1.33 bits per heavy atom. The van der Waals surface area contributed by atoms with Gasteiger partial charge in [-0.1, -0.05) is 0 Å². The number of nitrogens with two attached hydrogens (primary N) is 1. The molecule has 0 atom stereocenters. The van der Waals surface area contributed by atoms with E-state index in [0.717, 1.165) is 11.1 Å². The quantitative estimate of drug-likeness (QED) is 0.816. The maximum absolute atomic E-state index is 12.3. The first-order chi connectivity index (χ1) is 9.94. The van der Waals surface area contributed by atoms with E-state index in [1.54, 1.807) is 18.5 Å². The summed E-state index contributed by atoms with van der Waals surface area (Å²) in [6, 6.07) is 6.28. The monoisotopic (exact) mass is 307 g/mol. The molecule has 1 heterocycles. The normalized spacial score (nSPS) is 11.3. The minimum absolute atomic E-state index is 0.0323. The van der Waals surface area contributed by atoms with Crippen molar-refractivity contribution in [3.05, 3.63) is 47.8 Å². The van der Waals surface area contributed by atoms with Crippen LogP contribution in [0.5, 0.6) is 5.75 Å². The van der Waals surface area contributed by atoms with Crippen LogP contribution in [0.15, 0.2) is 41.6 Å². The van der Waals surface area contributed by atoms with Crippen LogP contribution in [-0.4, -0.2) is 20.5 Å². The van der Waals surface area contributed by atoms with Crippen LogP contribution in [0.3, 0.4) is 0 Å². The third-order valence-corrected chi connectivity index (χ3v) is 4.58. The third kappa shape index (κ3) is 3.50. The van der Waals surface area contributed by atoms with Crippen molar-refractivity contribution >= 4 is 15.7 Å². The van der Waals surface area contributed by atoms with Crippen molar-refractivity contribution in [3.63, 3.8) is 0 Å². The van der Waals surface area contributed by atoms with E-state index in [9.17, 15) is 8.42 Å². The number of ether oxygens (including phenoxy) is 1. The highest BCUT2D eigenvalue weighted by molar-refractivity contribution is 7.89. The zero-order chi connectivity index (χ0) is 15.5. The number of nitrogens with zero attached hydrogens (tertiary/aromatic N) is 1. The van der Waals surface area contributed by atoms with Crippen molar-refractivity contribution in [2.75, 3.05) is 12.8 Å². The standard InChI is InChI=1S/C14H17N3O3S/c1-10-5-6-16-8-11(10)9-17-21(18,19)14-4-3-12(20-2)7-13(14)15/h3-8,17H,9,15H2,1-2H3. The molecule has 21 heavy (non-hydrogen) atoms. The van der Waals surface area contributed by atoms with Gasteiger partial charge in [0, 0.05) is 25.0 Å². The summed E-state index contributed by atoms with van der Waals surface area (Å²) < 4.78 is 32.1. The minimum Gasteiger partial charge on any atom is -0.497 e. The molecule has 2 aromatic rings. The third-order valence-electron chi connectivity index (χ3n) is 3.11. The highest BCUT2D eigenvalue weighted by atomic mass is 32.2. The van der Waals surface area contributed by atoms with Gasteiger partial charge in [0.1, 0.15) is 10.6 Å². The summed E-state index contributed by atoms with van der Waals surface area (Å²) in [5.74, 6) is 0.509. The number of rotatable bonds is 5. The Morgan fingerprint density at radius 3 is 2.71 bits per heavy atom. The number of nitrogens with one attached hydrogen (secondary N) is 1. The first kappa shape index (κ1) is 15.3. The average Bonchev–Trinajstić information content (AvgIpc) is 2.46. The summed E-state index contributed by atoms with van der Waals surface area (Å²) in [6.45, 7) is 2.06. The number of hydrogen-bond acceptors (Lipinski definition) is 5. The van der Waals surface area contributed by atoms with Gasteiger partial charge >= 0.3 is 0 Å². The molecule has 0 fully saturated rings. The van der Waals surface area contributed by atoms with Gasteiger partial charge in [0.15, 0.2) is 0 Å². The van der Waals surface area contributed by atoms with Gasteiger partial charge in [-0.3, -0.25) is 4.98 Å². The summed E-state index contributed by atoms with van der Waals surface area (Å²) >= 11 is 0. The van der Waals surface area contributed by atoms with Crippen LogP contribution in [0, 0.1) is 6.92 Å². The van der Waals surface area contributed by atoms with Crippen LogP contribution >= 0.6 is 0 Å². The molecular formula is C14H17N3O3S. The number of aryl methyl sites for hydroxylation is 1. The molecule has 0 radical (unpaired) electrons. The fraction of sp³-hybridized carbons (Fsp3) is 0.214. The lowest BCUT2D eigenvalue weighted by atomic mass is 10.2. The van der Waals surface area contributed by atoms with Gasteiger partial charge in [-0.25, -0.2) is 13.1 Å². The molecule has 2 rings (SSSR count). The van der Waals surface area contributed by atoms with E-state index in [1.807, 2.05) is 13.0 Å². The predicted molar refractivity (Wildman–Crippen MR) is 80.4 cm³/mol. The van der Waals surface area contributed by atoms with Gasteiger partial charge in [0.05, 0.1) is 12.8 Å². The van der Waals surface area contributed by atoms with Crippen molar-refractivity contribution < 1.29 is 13.2 Å². The van der Waals surface area contributed by atoms with Crippen molar-refractivity contribution in [2.24, 2.45) is 0 Å². The molecule has 0 amide bonds. The fourth-order valence-electron chi connectivity index (χ4n) is 1.83. The Morgan fingerprint density at radius 2 is 2.10 bits per heavy atom. The Balaban J connectivity index is 2.21. The lowest BCUT2D eigenvalue weighted by Crippen LogP contribution is -2.24. The highest BCUT2D eigenvalue weighted by Gasteiger charge is 2.18. The Hall–Kier alpha value is -2.12. The van der Waals surface area contributed by atoms with Gasteiger partial charge in [0.25, 0.3) is 0 Å². The van der Waals surface area contributed by atoms with Crippen molar-refractivity contribution in [3.8, 4) is 5.75 Å². The number of anilines is 1. The lowest BCUT2D eigenvalue weighted by molar-refractivity contribution is 0.414. The van der Waals surface area contributed by atoms with Crippen LogP contribution in [0.1, 0.15) is 11.1 Å². The molecule has 3 N–H and O–H groups in total. The van der Waals surface area contributed by atoms with E-state index in [-0.39, 0.29) is 17.1 Å². The second-order valence-electron chi connectivity index (χ2n) is 4.53. The maximum Gasteiger partial charge on any atom is 0.242 e. The van der Waals surface area contributed by atoms with Crippen molar-refractivity contribution in [1.29, 1.82) is 0 Å². The highest BCUT2D eigenvalue weighted by Crippen LogP contribution is 2.23. The molecule has 1 aromatic carbocycles. The van der Waals surface area contributed by atoms with Crippen LogP contribution in [0.4, 0.5) is 5.69 Å². The SMILES string of the molecule is COc1ccc(S(=O)(=O)NCc2cnccc2C)c(N)c1. The van der Waals surface area contributed by atoms with E-state index in [0.29, 0.717) is 5.75 Å². The smallest absolute Gasteiger partial charge is 0.242 e. The molecule has 0 aliphatic heterocycles. The second kappa shape index (κ2) is 6.11. The molecule has 6 nitrogen and oxygen atoms in total. The number of nitrogen functional groups attached to an aromatic ring is 1. The number of sulfonamides is 1. The summed E-state index contributed by atoms with van der Waals surface area (Å²) in [5.41, 5.74) is 7.69. The van der Waals surface area contributed by atoms with E-state index in [4.69, 9.17) is 10.5 Å². The number of pyridine rings is 1. The first-order valence-corrected chi connectivity index (χ1v) is 7.75. The molecule has 112 valence electrons. The Kier molecular flexibility index (Phi) is 4.44. The van der Waals surface area contributed by atoms with Crippen molar-refractivity contribution in [1.82, 2.24) is 9.71 Å². The van der Waals surface area contributed by atoms with Gasteiger partial charge < -0.3 is 10.5 Å². The van der Waals surface area contributed by atoms with Crippen LogP contribution in [0.2, 0.25) is 0 Å². The van der Waals surface area contributed by atoms with Crippen LogP contribution in [-0.2, 0) is 16.6 Å². The second-order valence-corrected chi connectivity index (χ2v) is 6.27. The molecule has 1 aromatic heterocycles. The van der Waals surface area contributed by atoms with E-state index in [2.05, 4.69) is 9.71 Å². The van der Waals surface area contributed by atoms with E-state index in [1.165, 1.54) is 19.2 Å². The fourth-order valence-corrected chi connectivity index (χ4v) is 2.95. The first-order valence-electron chi connectivity index (χ1n) is 6.26. The largest absolute Gasteiger partial charge is 0.497 e. The molecule has 0 saturated heterocycles. The molecule has 0 spiro atoms. The van der Waals surface area contributed by atoms with Gasteiger partial charge in [0.2, 0.25) is 10.0 Å². The zero-order valence-corrected chi connectivity index (χ0v) is 12.6. The number of benzene rings is 1. The molecular weight excluding hydrogens is 290 g/mol. The van der Waals surface area contributed by atoms with E-state index >= 15 is 0 Å². The van der Waals surface area contributed by atoms with Crippen LogP contribution < -0.4 is 15.2 Å². The number of hydrogen-bond donors (Lipinski definition) is 2. The molecule has 0 aliphatic carbocycles. The Labute approximate surface area is 124 Å². The average molecular weight is 307 g/mol. The summed E-state index contributed by atoms with van der Waals surface area (Å²) in [6.07, 6.45) is 3.30. The van der Waals surface area contributed by atoms with Crippen LogP contribution in [0.25, 0.3) is 0 Å². The molecule has 0 saturated carbocycles. The summed E-state index contributed by atoms with van der Waals surface area (Å²) in [7, 11) is -2.20. The Bertz CT molecular complexity index is 745. The van der Waals surface area contributed by atoms with Gasteiger partial charge in [-0.15, -0.1) is 0 Å². The number of methoxy groups -OCH3 is 1. The van der Waals surface area contributed by atoms with Gasteiger partial charge in [-0.05, 0) is 36.2 Å². The summed E-state index contributed by atoms with van der Waals surface area (Å²) in [5, 5.41) is 0.